The Balaban J connectivity index is 1.60. The topological polar surface area (TPSA) is 69.0 Å². The number of hydrogen-bond acceptors (Lipinski definition) is 4. The first-order valence-electron chi connectivity index (χ1n) is 9.84. The number of aromatic nitrogens is 3. The molecule has 30 heavy (non-hydrogen) atoms. The third-order valence-electron chi connectivity index (χ3n) is 5.07. The van der Waals surface area contributed by atoms with Gasteiger partial charge in [0, 0.05) is 17.8 Å². The summed E-state index contributed by atoms with van der Waals surface area (Å²) in [5, 5.41) is 8.23. The number of amides is 1. The van der Waals surface area contributed by atoms with Crippen LogP contribution in [0.25, 0.3) is 11.0 Å². The fourth-order valence-corrected chi connectivity index (χ4v) is 3.46. The van der Waals surface area contributed by atoms with E-state index in [4.69, 9.17) is 4.74 Å². The van der Waals surface area contributed by atoms with E-state index in [-0.39, 0.29) is 5.91 Å². The van der Waals surface area contributed by atoms with Crippen molar-refractivity contribution < 1.29 is 9.53 Å². The number of nitrogens with zero attached hydrogens (tertiary/aromatic N) is 3. The molecule has 0 aliphatic rings. The molecule has 0 fully saturated rings. The zero-order valence-corrected chi connectivity index (χ0v) is 17.3. The number of pyridine rings is 1. The highest BCUT2D eigenvalue weighted by Gasteiger charge is 2.16. The molecule has 152 valence electrons. The molecular weight excluding hydrogens is 376 g/mol. The van der Waals surface area contributed by atoms with Gasteiger partial charge in [0.2, 0.25) is 0 Å². The van der Waals surface area contributed by atoms with Gasteiger partial charge in [-0.25, -0.2) is 9.67 Å². The fraction of sp³-hybridized carbons (Fsp3) is 0.208. The monoisotopic (exact) mass is 400 g/mol. The van der Waals surface area contributed by atoms with Gasteiger partial charge < -0.3 is 10.1 Å². The van der Waals surface area contributed by atoms with E-state index in [1.165, 1.54) is 5.56 Å². The van der Waals surface area contributed by atoms with Gasteiger partial charge >= 0.3 is 0 Å². The van der Waals surface area contributed by atoms with Crippen molar-refractivity contribution in [1.29, 1.82) is 0 Å². The van der Waals surface area contributed by atoms with Crippen molar-refractivity contribution in [2.75, 3.05) is 7.11 Å². The molecule has 6 nitrogen and oxygen atoms in total. The van der Waals surface area contributed by atoms with Gasteiger partial charge in [-0.2, -0.15) is 5.10 Å². The number of aryl methyl sites for hydroxylation is 2. The number of nitrogens with one attached hydrogen (secondary N) is 1. The van der Waals surface area contributed by atoms with Crippen LogP contribution in [0.3, 0.4) is 0 Å². The summed E-state index contributed by atoms with van der Waals surface area (Å²) in [6, 6.07) is 17.8. The summed E-state index contributed by atoms with van der Waals surface area (Å²) in [7, 11) is 1.62. The molecule has 0 bridgehead atoms. The number of carbonyl (C=O) groups is 1. The Hall–Kier alpha value is -3.67. The van der Waals surface area contributed by atoms with E-state index in [1.54, 1.807) is 19.4 Å². The second kappa shape index (κ2) is 8.37. The van der Waals surface area contributed by atoms with Crippen LogP contribution in [0.2, 0.25) is 0 Å². The lowest BCUT2D eigenvalue weighted by Crippen LogP contribution is -2.23. The van der Waals surface area contributed by atoms with E-state index in [2.05, 4.69) is 46.6 Å². The first-order valence-corrected chi connectivity index (χ1v) is 9.84. The molecule has 2 aromatic carbocycles. The van der Waals surface area contributed by atoms with Crippen LogP contribution in [0.4, 0.5) is 0 Å². The van der Waals surface area contributed by atoms with Crippen molar-refractivity contribution in [2.45, 2.75) is 26.9 Å². The molecule has 6 heteroatoms. The van der Waals surface area contributed by atoms with Crippen LogP contribution in [-0.2, 0) is 13.1 Å². The third kappa shape index (κ3) is 4.03. The van der Waals surface area contributed by atoms with Crippen molar-refractivity contribution in [1.82, 2.24) is 20.1 Å². The minimum absolute atomic E-state index is 0.161. The number of methoxy groups -OCH3 is 1. The van der Waals surface area contributed by atoms with Crippen molar-refractivity contribution in [3.05, 3.63) is 88.7 Å². The average Bonchev–Trinajstić information content (AvgIpc) is 3.15. The summed E-state index contributed by atoms with van der Waals surface area (Å²) in [6.45, 7) is 4.93. The molecule has 2 heterocycles. The first kappa shape index (κ1) is 19.6. The smallest absolute Gasteiger partial charge is 0.252 e. The Morgan fingerprint density at radius 1 is 1.10 bits per heavy atom. The number of hydrogen-bond donors (Lipinski definition) is 1. The van der Waals surface area contributed by atoms with E-state index in [0.29, 0.717) is 24.3 Å². The summed E-state index contributed by atoms with van der Waals surface area (Å²) < 4.78 is 7.20. The van der Waals surface area contributed by atoms with Crippen molar-refractivity contribution >= 4 is 16.9 Å². The largest absolute Gasteiger partial charge is 0.496 e. The maximum Gasteiger partial charge on any atom is 0.252 e. The Morgan fingerprint density at radius 2 is 1.87 bits per heavy atom. The van der Waals surface area contributed by atoms with Crippen LogP contribution >= 0.6 is 0 Å². The van der Waals surface area contributed by atoms with Gasteiger partial charge in [-0.05, 0) is 31.5 Å². The predicted molar refractivity (Wildman–Crippen MR) is 117 cm³/mol. The van der Waals surface area contributed by atoms with E-state index < -0.39 is 0 Å². The van der Waals surface area contributed by atoms with Crippen molar-refractivity contribution in [3.8, 4) is 5.75 Å². The molecule has 0 aliphatic carbocycles. The zero-order valence-electron chi connectivity index (χ0n) is 17.3. The Morgan fingerprint density at radius 3 is 2.63 bits per heavy atom. The molecule has 0 atom stereocenters. The van der Waals surface area contributed by atoms with E-state index >= 15 is 0 Å². The second-order valence-electron chi connectivity index (χ2n) is 7.33. The van der Waals surface area contributed by atoms with Gasteiger partial charge in [0.25, 0.3) is 5.91 Å². The quantitative estimate of drug-likeness (QED) is 0.530. The summed E-state index contributed by atoms with van der Waals surface area (Å²) in [6.07, 6.45) is 1.72. The van der Waals surface area contributed by atoms with Crippen LogP contribution in [0.15, 0.2) is 60.8 Å². The highest BCUT2D eigenvalue weighted by Crippen LogP contribution is 2.21. The van der Waals surface area contributed by atoms with Crippen molar-refractivity contribution in [3.63, 3.8) is 0 Å². The number of benzene rings is 2. The van der Waals surface area contributed by atoms with Crippen LogP contribution < -0.4 is 10.1 Å². The van der Waals surface area contributed by atoms with Gasteiger partial charge in [0.1, 0.15) is 5.75 Å². The Bertz CT molecular complexity index is 1200. The molecule has 2 aromatic heterocycles. The van der Waals surface area contributed by atoms with Gasteiger partial charge in [-0.1, -0.05) is 48.0 Å². The Kier molecular flexibility index (Phi) is 5.48. The normalized spacial score (nSPS) is 10.9. The molecule has 1 N–H and O–H groups in total. The fourth-order valence-electron chi connectivity index (χ4n) is 3.46. The summed E-state index contributed by atoms with van der Waals surface area (Å²) in [5.74, 6) is 0.589. The van der Waals surface area contributed by atoms with Crippen LogP contribution in [0.5, 0.6) is 5.75 Å². The van der Waals surface area contributed by atoms with Gasteiger partial charge in [0.05, 0.1) is 30.8 Å². The van der Waals surface area contributed by atoms with Gasteiger partial charge in [-0.3, -0.25) is 4.79 Å². The molecule has 4 rings (SSSR count). The highest BCUT2D eigenvalue weighted by molar-refractivity contribution is 6.05. The number of ether oxygens (including phenoxy) is 1. The van der Waals surface area contributed by atoms with E-state index in [9.17, 15) is 4.79 Å². The standard InChI is InChI=1S/C24H24N4O2/c1-16-8-10-18(11-9-16)15-28-23-21(14-26-28)20(12-17(2)27-23)24(29)25-13-19-6-4-5-7-22(19)30-3/h4-12,14H,13,15H2,1-3H3,(H,25,29). The van der Waals surface area contributed by atoms with E-state index in [0.717, 1.165) is 28.0 Å². The summed E-state index contributed by atoms with van der Waals surface area (Å²) in [4.78, 5) is 17.6. The Labute approximate surface area is 175 Å². The summed E-state index contributed by atoms with van der Waals surface area (Å²) >= 11 is 0. The molecular formula is C24H24N4O2. The number of rotatable bonds is 6. The predicted octanol–water partition coefficient (Wildman–Crippen LogP) is 4.04. The first-order chi connectivity index (χ1) is 14.5. The minimum atomic E-state index is -0.161. The maximum atomic E-state index is 13.0. The number of para-hydroxylation sites is 1. The third-order valence-corrected chi connectivity index (χ3v) is 5.07. The minimum Gasteiger partial charge on any atom is -0.496 e. The van der Waals surface area contributed by atoms with Gasteiger partial charge in [0.15, 0.2) is 5.65 Å². The SMILES string of the molecule is COc1ccccc1CNC(=O)c1cc(C)nc2c1cnn2Cc1ccc(C)cc1. The molecule has 1 amide bonds. The zero-order chi connectivity index (χ0) is 21.1. The van der Waals surface area contributed by atoms with Crippen LogP contribution in [-0.4, -0.2) is 27.8 Å². The highest BCUT2D eigenvalue weighted by atomic mass is 16.5. The molecule has 0 spiro atoms. The molecule has 0 unspecified atom stereocenters. The maximum absolute atomic E-state index is 13.0. The average molecular weight is 400 g/mol. The molecule has 0 saturated carbocycles. The number of fused-ring (bicyclic) bond motifs is 1. The van der Waals surface area contributed by atoms with E-state index in [1.807, 2.05) is 35.9 Å². The molecule has 4 aromatic rings. The molecule has 0 radical (unpaired) electrons. The lowest BCUT2D eigenvalue weighted by atomic mass is 10.1. The van der Waals surface area contributed by atoms with Crippen LogP contribution in [0, 0.1) is 13.8 Å². The van der Waals surface area contributed by atoms with Crippen LogP contribution in [0.1, 0.15) is 32.7 Å². The van der Waals surface area contributed by atoms with Crippen molar-refractivity contribution in [2.24, 2.45) is 0 Å². The molecule has 0 aliphatic heterocycles. The summed E-state index contributed by atoms with van der Waals surface area (Å²) in [5.41, 5.74) is 5.32. The lowest BCUT2D eigenvalue weighted by Gasteiger charge is -2.11. The second-order valence-corrected chi connectivity index (χ2v) is 7.33. The lowest BCUT2D eigenvalue weighted by molar-refractivity contribution is 0.0952. The number of carbonyl (C=O) groups excluding carboxylic acids is 1. The van der Waals surface area contributed by atoms with Gasteiger partial charge in [-0.15, -0.1) is 0 Å². The molecule has 0 saturated heterocycles.